The molecular formula is C4H5O7P. The van der Waals surface area contributed by atoms with Crippen LogP contribution in [0.15, 0.2) is 0 Å². The fraction of sp³-hybridized carbons (Fsp3) is 0.500. The first-order valence-electron chi connectivity index (χ1n) is 2.69. The summed E-state index contributed by atoms with van der Waals surface area (Å²) in [6.07, 6.45) is -2.73. The van der Waals surface area contributed by atoms with Crippen LogP contribution in [0, 0.1) is 0 Å². The fourth-order valence-electron chi connectivity index (χ4n) is 0.432. The molecule has 0 spiro atoms. The van der Waals surface area contributed by atoms with Crippen molar-refractivity contribution in [3.63, 3.8) is 0 Å². The van der Waals surface area contributed by atoms with E-state index in [2.05, 4.69) is 4.52 Å². The van der Waals surface area contributed by atoms with Gasteiger partial charge in [-0.05, 0) is 0 Å². The standard InChI is InChI=1S/C4H5O7P/c5-3(6)1-2(4(7)8)11-12(9)10/h2H,1H2,(H,5,6)(H,7,8). The van der Waals surface area contributed by atoms with Crippen LogP contribution in [0.2, 0.25) is 0 Å². The lowest BCUT2D eigenvalue weighted by Gasteiger charge is -2.03. The van der Waals surface area contributed by atoms with Crippen LogP contribution >= 0.6 is 7.91 Å². The molecule has 0 aliphatic heterocycles. The Hall–Kier alpha value is -1.20. The third-order valence-corrected chi connectivity index (χ3v) is 1.28. The van der Waals surface area contributed by atoms with E-state index in [4.69, 9.17) is 10.2 Å². The Morgan fingerprint density at radius 2 is 1.83 bits per heavy atom. The third-order valence-electron chi connectivity index (χ3n) is 0.849. The topological polar surface area (TPSA) is 118 Å². The van der Waals surface area contributed by atoms with Crippen LogP contribution in [0.3, 0.4) is 0 Å². The lowest BCUT2D eigenvalue weighted by atomic mass is 10.3. The van der Waals surface area contributed by atoms with Gasteiger partial charge in [0, 0.05) is 0 Å². The fourth-order valence-corrected chi connectivity index (χ4v) is 0.805. The van der Waals surface area contributed by atoms with Crippen molar-refractivity contribution in [2.45, 2.75) is 12.5 Å². The van der Waals surface area contributed by atoms with Gasteiger partial charge in [-0.1, -0.05) is 0 Å². The first kappa shape index (κ1) is 10.8. The zero-order valence-electron chi connectivity index (χ0n) is 5.67. The lowest BCUT2D eigenvalue weighted by Crippen LogP contribution is -2.24. The molecule has 7 nitrogen and oxygen atoms in total. The van der Waals surface area contributed by atoms with Crippen LogP contribution in [0.5, 0.6) is 0 Å². The summed E-state index contributed by atoms with van der Waals surface area (Å²) < 4.78 is 23.5. The van der Waals surface area contributed by atoms with E-state index in [1.807, 2.05) is 0 Å². The van der Waals surface area contributed by atoms with Crippen molar-refractivity contribution in [3.8, 4) is 0 Å². The summed E-state index contributed by atoms with van der Waals surface area (Å²) in [6.45, 7) is 0. The Bertz CT molecular complexity index is 246. The van der Waals surface area contributed by atoms with Gasteiger partial charge < -0.3 is 10.2 Å². The second kappa shape index (κ2) is 4.63. The van der Waals surface area contributed by atoms with Gasteiger partial charge in [-0.15, -0.1) is 0 Å². The minimum absolute atomic E-state index is 0.890. The Morgan fingerprint density at radius 1 is 1.33 bits per heavy atom. The average Bonchev–Trinajstić information content (AvgIpc) is 1.83. The molecule has 0 aliphatic rings. The van der Waals surface area contributed by atoms with Crippen molar-refractivity contribution >= 4 is 19.8 Å². The number of hydrogen-bond donors (Lipinski definition) is 2. The van der Waals surface area contributed by atoms with Crippen LogP contribution in [-0.2, 0) is 23.2 Å². The number of rotatable bonds is 5. The molecule has 0 saturated carbocycles. The number of aliphatic carboxylic acids is 2. The maximum Gasteiger partial charge on any atom is 0.468 e. The van der Waals surface area contributed by atoms with Crippen molar-refractivity contribution in [3.05, 3.63) is 0 Å². The summed E-state index contributed by atoms with van der Waals surface area (Å²) in [4.78, 5) is 20.1. The molecule has 1 unspecified atom stereocenters. The van der Waals surface area contributed by atoms with Gasteiger partial charge >= 0.3 is 19.8 Å². The molecule has 0 amide bonds. The van der Waals surface area contributed by atoms with Crippen molar-refractivity contribution in [2.24, 2.45) is 0 Å². The minimum Gasteiger partial charge on any atom is -0.481 e. The van der Waals surface area contributed by atoms with Gasteiger partial charge in [-0.3, -0.25) is 9.32 Å². The highest BCUT2D eigenvalue weighted by Crippen LogP contribution is 2.12. The summed E-state index contributed by atoms with van der Waals surface area (Å²) in [5, 5.41) is 16.3. The van der Waals surface area contributed by atoms with Crippen molar-refractivity contribution in [2.75, 3.05) is 0 Å². The first-order valence-corrected chi connectivity index (χ1v) is 3.78. The first-order chi connectivity index (χ1) is 5.43. The third kappa shape index (κ3) is 4.59. The Kier molecular flexibility index (Phi) is 4.17. The molecule has 1 atom stereocenters. The molecule has 0 fully saturated rings. The highest BCUT2D eigenvalue weighted by atomic mass is 31.1. The summed E-state index contributed by atoms with van der Waals surface area (Å²) in [7, 11) is -3.35. The molecule has 0 aromatic heterocycles. The minimum atomic E-state index is -3.35. The van der Waals surface area contributed by atoms with Crippen LogP contribution < -0.4 is 0 Å². The van der Waals surface area contributed by atoms with Crippen molar-refractivity contribution in [1.82, 2.24) is 0 Å². The zero-order chi connectivity index (χ0) is 9.72. The van der Waals surface area contributed by atoms with E-state index in [9.17, 15) is 18.7 Å². The molecule has 0 bridgehead atoms. The Morgan fingerprint density at radius 3 is 2.08 bits per heavy atom. The molecule has 68 valence electrons. The van der Waals surface area contributed by atoms with E-state index in [-0.39, 0.29) is 0 Å². The monoisotopic (exact) mass is 196 g/mol. The SMILES string of the molecule is O=C(O)CC(OP(=O)=O)C(=O)O. The molecule has 2 N–H and O–H groups in total. The normalized spacial score (nSPS) is 12.0. The maximum absolute atomic E-state index is 10.1. The maximum atomic E-state index is 10.1. The van der Waals surface area contributed by atoms with E-state index in [0.29, 0.717) is 0 Å². The van der Waals surface area contributed by atoms with E-state index in [1.165, 1.54) is 0 Å². The van der Waals surface area contributed by atoms with Crippen LogP contribution in [0.25, 0.3) is 0 Å². The molecule has 0 radical (unpaired) electrons. The highest BCUT2D eigenvalue weighted by Gasteiger charge is 2.23. The van der Waals surface area contributed by atoms with E-state index < -0.39 is 32.4 Å². The molecule has 0 aromatic rings. The quantitative estimate of drug-likeness (QED) is 0.594. The summed E-state index contributed by atoms with van der Waals surface area (Å²) in [6, 6.07) is 0. The molecule has 0 aliphatic carbocycles. The summed E-state index contributed by atoms with van der Waals surface area (Å²) in [5.41, 5.74) is 0. The molecule has 12 heavy (non-hydrogen) atoms. The van der Waals surface area contributed by atoms with Crippen LogP contribution in [0.4, 0.5) is 0 Å². The Balaban J connectivity index is 4.23. The van der Waals surface area contributed by atoms with Gasteiger partial charge in [-0.25, -0.2) is 13.9 Å². The Labute approximate surface area is 66.9 Å². The van der Waals surface area contributed by atoms with Crippen molar-refractivity contribution < 1.29 is 33.5 Å². The molecule has 0 heterocycles. The van der Waals surface area contributed by atoms with Gasteiger partial charge in [0.05, 0.1) is 6.42 Å². The van der Waals surface area contributed by atoms with E-state index >= 15 is 0 Å². The predicted octanol–water partition coefficient (Wildman–Crippen LogP) is 0.0188. The second-order valence-corrected chi connectivity index (χ2v) is 2.41. The number of carbonyl (C=O) groups is 2. The van der Waals surface area contributed by atoms with Gasteiger partial charge in [-0.2, -0.15) is 0 Å². The molecule has 0 rings (SSSR count). The van der Waals surface area contributed by atoms with Crippen LogP contribution in [-0.4, -0.2) is 28.3 Å². The van der Waals surface area contributed by atoms with Gasteiger partial charge in [0.1, 0.15) is 0 Å². The van der Waals surface area contributed by atoms with E-state index in [0.717, 1.165) is 0 Å². The molecule has 0 saturated heterocycles. The summed E-state index contributed by atoms with van der Waals surface area (Å²) in [5.74, 6) is -3.07. The lowest BCUT2D eigenvalue weighted by molar-refractivity contribution is -0.151. The second-order valence-electron chi connectivity index (χ2n) is 1.75. The van der Waals surface area contributed by atoms with Gasteiger partial charge in [0.2, 0.25) is 0 Å². The zero-order valence-corrected chi connectivity index (χ0v) is 6.56. The summed E-state index contributed by atoms with van der Waals surface area (Å²) >= 11 is 0. The largest absolute Gasteiger partial charge is 0.481 e. The molecule has 8 heteroatoms. The highest BCUT2D eigenvalue weighted by molar-refractivity contribution is 7.24. The van der Waals surface area contributed by atoms with Crippen LogP contribution in [0.1, 0.15) is 6.42 Å². The smallest absolute Gasteiger partial charge is 0.468 e. The average molecular weight is 196 g/mol. The number of carboxylic acids is 2. The number of hydrogen-bond acceptors (Lipinski definition) is 5. The predicted molar refractivity (Wildman–Crippen MR) is 33.1 cm³/mol. The number of carboxylic acid groups (broad SMARTS) is 2. The van der Waals surface area contributed by atoms with Gasteiger partial charge in [0.25, 0.3) is 0 Å². The molecule has 0 aromatic carbocycles. The van der Waals surface area contributed by atoms with Crippen molar-refractivity contribution in [1.29, 1.82) is 0 Å². The van der Waals surface area contributed by atoms with E-state index in [1.54, 1.807) is 0 Å². The van der Waals surface area contributed by atoms with Gasteiger partial charge in [0.15, 0.2) is 6.10 Å². The molecular weight excluding hydrogens is 191 g/mol.